The van der Waals surface area contributed by atoms with Gasteiger partial charge in [0.05, 0.1) is 22.7 Å². The zero-order valence-corrected chi connectivity index (χ0v) is 10.2. The monoisotopic (exact) mass is 231 g/mol. The molecule has 0 unspecified atom stereocenters. The number of H-pyrrole nitrogens is 1. The van der Waals surface area contributed by atoms with Crippen LogP contribution in [0, 0.1) is 0 Å². The van der Waals surface area contributed by atoms with Crippen molar-refractivity contribution in [1.29, 1.82) is 0 Å². The summed E-state index contributed by atoms with van der Waals surface area (Å²) in [6, 6.07) is 1.93. The van der Waals surface area contributed by atoms with Gasteiger partial charge in [-0.2, -0.15) is 5.10 Å². The Hall–Kier alpha value is -1.58. The van der Waals surface area contributed by atoms with E-state index in [0.717, 1.165) is 23.2 Å². The summed E-state index contributed by atoms with van der Waals surface area (Å²) in [4.78, 5) is 4.36. The summed E-state index contributed by atoms with van der Waals surface area (Å²) in [5.41, 5.74) is 2.16. The third kappa shape index (κ3) is 1.88. The van der Waals surface area contributed by atoms with Crippen molar-refractivity contribution in [3.05, 3.63) is 18.0 Å². The van der Waals surface area contributed by atoms with E-state index in [0.29, 0.717) is 5.92 Å². The first-order chi connectivity index (χ1) is 8.29. The van der Waals surface area contributed by atoms with E-state index in [2.05, 4.69) is 29.0 Å². The topological polar surface area (TPSA) is 50.8 Å². The summed E-state index contributed by atoms with van der Waals surface area (Å²) < 4.78 is 5.88. The Balaban J connectivity index is 2.06. The minimum Gasteiger partial charge on any atom is -0.474 e. The number of rotatable bonds is 4. The van der Waals surface area contributed by atoms with E-state index in [-0.39, 0.29) is 6.10 Å². The molecule has 2 heterocycles. The van der Waals surface area contributed by atoms with E-state index in [9.17, 15) is 0 Å². The fourth-order valence-electron chi connectivity index (χ4n) is 1.99. The fourth-order valence-corrected chi connectivity index (χ4v) is 1.99. The molecule has 0 bridgehead atoms. The zero-order chi connectivity index (χ0) is 11.8. The highest BCUT2D eigenvalue weighted by molar-refractivity contribution is 5.86. The molecule has 1 N–H and O–H groups in total. The molecule has 2 aromatic heterocycles. The molecule has 0 saturated heterocycles. The normalized spacial score (nSPS) is 17.3. The maximum atomic E-state index is 5.88. The van der Waals surface area contributed by atoms with E-state index in [1.807, 2.05) is 6.07 Å². The lowest BCUT2D eigenvalue weighted by Crippen LogP contribution is -2.11. The van der Waals surface area contributed by atoms with E-state index in [1.165, 1.54) is 18.5 Å². The Bertz CT molecular complexity index is 530. The number of nitrogens with one attached hydrogen (secondary N) is 1. The summed E-state index contributed by atoms with van der Waals surface area (Å²) in [5.74, 6) is 1.36. The minimum atomic E-state index is 0.190. The SMILES string of the molecule is CC[C@H](C)Oc1nccc2n[nH]c(C3CC3)c12. The van der Waals surface area contributed by atoms with Crippen molar-refractivity contribution >= 4 is 10.9 Å². The first-order valence-electron chi connectivity index (χ1n) is 6.29. The van der Waals surface area contributed by atoms with Gasteiger partial charge < -0.3 is 4.74 Å². The van der Waals surface area contributed by atoms with Crippen LogP contribution in [0.2, 0.25) is 0 Å². The van der Waals surface area contributed by atoms with Gasteiger partial charge in [-0.05, 0) is 32.3 Å². The molecule has 1 fully saturated rings. The summed E-state index contributed by atoms with van der Waals surface area (Å²) >= 11 is 0. The quantitative estimate of drug-likeness (QED) is 0.880. The van der Waals surface area contributed by atoms with E-state index in [1.54, 1.807) is 6.20 Å². The highest BCUT2D eigenvalue weighted by atomic mass is 16.5. The molecule has 0 amide bonds. The van der Waals surface area contributed by atoms with Gasteiger partial charge in [0.15, 0.2) is 0 Å². The first-order valence-corrected chi connectivity index (χ1v) is 6.29. The summed E-state index contributed by atoms with van der Waals surface area (Å²) in [5, 5.41) is 8.54. The predicted molar refractivity (Wildman–Crippen MR) is 66.2 cm³/mol. The number of nitrogens with zero attached hydrogens (tertiary/aromatic N) is 2. The minimum absolute atomic E-state index is 0.190. The molecular formula is C13H17N3O. The molecule has 90 valence electrons. The number of hydrogen-bond acceptors (Lipinski definition) is 3. The van der Waals surface area contributed by atoms with Gasteiger partial charge in [0.25, 0.3) is 0 Å². The molecule has 1 aliphatic carbocycles. The van der Waals surface area contributed by atoms with Crippen molar-refractivity contribution in [3.8, 4) is 5.88 Å². The van der Waals surface area contributed by atoms with Crippen molar-refractivity contribution in [2.75, 3.05) is 0 Å². The number of aromatic nitrogens is 3. The Morgan fingerprint density at radius 2 is 2.35 bits per heavy atom. The molecule has 0 radical (unpaired) electrons. The molecule has 4 heteroatoms. The third-order valence-corrected chi connectivity index (χ3v) is 3.33. The maximum absolute atomic E-state index is 5.88. The molecule has 0 spiro atoms. The molecule has 1 saturated carbocycles. The van der Waals surface area contributed by atoms with Crippen LogP contribution in [0.4, 0.5) is 0 Å². The number of ether oxygens (including phenoxy) is 1. The van der Waals surface area contributed by atoms with Gasteiger partial charge in [0, 0.05) is 12.1 Å². The highest BCUT2D eigenvalue weighted by Crippen LogP contribution is 2.43. The Labute approximate surface area is 100 Å². The highest BCUT2D eigenvalue weighted by Gasteiger charge is 2.29. The van der Waals surface area contributed by atoms with Crippen LogP contribution in [0.3, 0.4) is 0 Å². The van der Waals surface area contributed by atoms with Gasteiger partial charge in [0.1, 0.15) is 0 Å². The maximum Gasteiger partial charge on any atom is 0.225 e. The lowest BCUT2D eigenvalue weighted by atomic mass is 10.2. The lowest BCUT2D eigenvalue weighted by Gasteiger charge is -2.12. The Kier molecular flexibility index (Phi) is 2.50. The van der Waals surface area contributed by atoms with Gasteiger partial charge in [0.2, 0.25) is 5.88 Å². The molecule has 0 aromatic carbocycles. The molecular weight excluding hydrogens is 214 g/mol. The summed E-state index contributed by atoms with van der Waals surface area (Å²) in [6.45, 7) is 4.18. The second kappa shape index (κ2) is 4.02. The van der Waals surface area contributed by atoms with E-state index >= 15 is 0 Å². The number of fused-ring (bicyclic) bond motifs is 1. The molecule has 3 rings (SSSR count). The standard InChI is InChI=1S/C13H17N3O/c1-3-8(2)17-13-11-10(6-7-14-13)15-16-12(11)9-4-5-9/h6-9H,3-5H2,1-2H3,(H,15,16)/t8-/m0/s1. The summed E-state index contributed by atoms with van der Waals surface area (Å²) in [6.07, 6.45) is 5.42. The molecule has 2 aromatic rings. The largest absolute Gasteiger partial charge is 0.474 e. The molecule has 4 nitrogen and oxygen atoms in total. The van der Waals surface area contributed by atoms with E-state index < -0.39 is 0 Å². The van der Waals surface area contributed by atoms with Crippen molar-refractivity contribution < 1.29 is 4.74 Å². The average molecular weight is 231 g/mol. The number of pyridine rings is 1. The summed E-state index contributed by atoms with van der Waals surface area (Å²) in [7, 11) is 0. The lowest BCUT2D eigenvalue weighted by molar-refractivity contribution is 0.211. The molecule has 17 heavy (non-hydrogen) atoms. The van der Waals surface area contributed by atoms with Gasteiger partial charge in [-0.3, -0.25) is 5.10 Å². The predicted octanol–water partition coefficient (Wildman–Crippen LogP) is 3.01. The molecule has 1 atom stereocenters. The van der Waals surface area contributed by atoms with Crippen molar-refractivity contribution in [1.82, 2.24) is 15.2 Å². The van der Waals surface area contributed by atoms with Crippen LogP contribution >= 0.6 is 0 Å². The van der Waals surface area contributed by atoms with Crippen LogP contribution in [0.25, 0.3) is 10.9 Å². The third-order valence-electron chi connectivity index (χ3n) is 3.33. The van der Waals surface area contributed by atoms with Crippen LogP contribution in [0.1, 0.15) is 44.7 Å². The van der Waals surface area contributed by atoms with Crippen LogP contribution in [-0.2, 0) is 0 Å². The number of aromatic amines is 1. The van der Waals surface area contributed by atoms with Crippen LogP contribution in [0.15, 0.2) is 12.3 Å². The van der Waals surface area contributed by atoms with Gasteiger partial charge >= 0.3 is 0 Å². The zero-order valence-electron chi connectivity index (χ0n) is 10.2. The van der Waals surface area contributed by atoms with Crippen LogP contribution < -0.4 is 4.74 Å². The van der Waals surface area contributed by atoms with Crippen LogP contribution in [-0.4, -0.2) is 21.3 Å². The van der Waals surface area contributed by atoms with E-state index in [4.69, 9.17) is 4.74 Å². The molecule has 1 aliphatic rings. The second-order valence-corrected chi connectivity index (χ2v) is 4.76. The Morgan fingerprint density at radius 3 is 3.06 bits per heavy atom. The van der Waals surface area contributed by atoms with Gasteiger partial charge in [-0.15, -0.1) is 0 Å². The Morgan fingerprint density at radius 1 is 1.53 bits per heavy atom. The first kappa shape index (κ1) is 10.6. The fraction of sp³-hybridized carbons (Fsp3) is 0.538. The average Bonchev–Trinajstić information content (AvgIpc) is 3.09. The van der Waals surface area contributed by atoms with Crippen molar-refractivity contribution in [3.63, 3.8) is 0 Å². The van der Waals surface area contributed by atoms with Gasteiger partial charge in [-0.1, -0.05) is 6.92 Å². The molecule has 0 aliphatic heterocycles. The van der Waals surface area contributed by atoms with Crippen molar-refractivity contribution in [2.24, 2.45) is 0 Å². The number of hydrogen-bond donors (Lipinski definition) is 1. The van der Waals surface area contributed by atoms with Crippen molar-refractivity contribution in [2.45, 2.75) is 45.1 Å². The van der Waals surface area contributed by atoms with Crippen LogP contribution in [0.5, 0.6) is 5.88 Å². The second-order valence-electron chi connectivity index (χ2n) is 4.76. The smallest absolute Gasteiger partial charge is 0.225 e. The van der Waals surface area contributed by atoms with Gasteiger partial charge in [-0.25, -0.2) is 4.98 Å².